The Labute approximate surface area is 222 Å². The van der Waals surface area contributed by atoms with Gasteiger partial charge >= 0.3 is 6.18 Å². The maximum atomic E-state index is 13.3. The van der Waals surface area contributed by atoms with Crippen LogP contribution in [-0.4, -0.2) is 21.7 Å². The molecule has 5 rings (SSSR count). The third-order valence-electron chi connectivity index (χ3n) is 5.95. The Balaban J connectivity index is 1.31. The van der Waals surface area contributed by atoms with Crippen LogP contribution in [0.3, 0.4) is 0 Å². The number of thiazole rings is 1. The molecular formula is C28H25F3N4O2S. The van der Waals surface area contributed by atoms with Gasteiger partial charge in [0.25, 0.3) is 0 Å². The average Bonchev–Trinajstić information content (AvgIpc) is 3.57. The van der Waals surface area contributed by atoms with E-state index in [0.29, 0.717) is 48.9 Å². The van der Waals surface area contributed by atoms with Crippen molar-refractivity contribution in [2.24, 2.45) is 0 Å². The van der Waals surface area contributed by atoms with Crippen LogP contribution in [0.4, 0.5) is 13.2 Å². The number of alkyl halides is 3. The van der Waals surface area contributed by atoms with Gasteiger partial charge in [-0.3, -0.25) is 9.88 Å². The average molecular weight is 539 g/mol. The van der Waals surface area contributed by atoms with Crippen LogP contribution in [0.25, 0.3) is 5.70 Å². The lowest BCUT2D eigenvalue weighted by atomic mass is 10.1. The molecule has 6 nitrogen and oxygen atoms in total. The Morgan fingerprint density at radius 2 is 1.76 bits per heavy atom. The van der Waals surface area contributed by atoms with Crippen LogP contribution in [0.15, 0.2) is 78.9 Å². The van der Waals surface area contributed by atoms with Crippen LogP contribution < -0.4 is 14.8 Å². The van der Waals surface area contributed by atoms with Gasteiger partial charge in [-0.25, -0.2) is 4.98 Å². The molecule has 0 atom stereocenters. The summed E-state index contributed by atoms with van der Waals surface area (Å²) in [4.78, 5) is 10.9. The second kappa shape index (κ2) is 11.2. The molecule has 0 unspecified atom stereocenters. The standard InChI is InChI=1S/C28H25F3N4O2S/c1-19(33-13-22-5-3-9-32-12-22)24-17-38-27(34-24)16-35(14-20-4-2-6-23(10-20)28(29,30)31)15-21-7-8-25-26(11-21)37-18-36-25/h2-12,17,33H,1,13-16,18H2. The van der Waals surface area contributed by atoms with E-state index in [0.717, 1.165) is 27.9 Å². The summed E-state index contributed by atoms with van der Waals surface area (Å²) >= 11 is 1.49. The number of ether oxygens (including phenoxy) is 2. The second-order valence-electron chi connectivity index (χ2n) is 8.85. The molecule has 0 radical (unpaired) electrons. The third kappa shape index (κ3) is 6.51. The van der Waals surface area contributed by atoms with E-state index in [1.807, 2.05) is 35.7 Å². The van der Waals surface area contributed by atoms with E-state index in [2.05, 4.69) is 21.8 Å². The molecule has 0 aliphatic carbocycles. The first-order valence-corrected chi connectivity index (χ1v) is 12.7. The van der Waals surface area contributed by atoms with Gasteiger partial charge in [0.2, 0.25) is 6.79 Å². The Hall–Kier alpha value is -3.89. The minimum absolute atomic E-state index is 0.174. The predicted molar refractivity (Wildman–Crippen MR) is 139 cm³/mol. The molecule has 2 aromatic heterocycles. The molecule has 0 spiro atoms. The molecule has 3 heterocycles. The SMILES string of the molecule is C=C(NCc1cccnc1)c1csc(CN(Cc2cccc(C(F)(F)F)c2)Cc2ccc3c(c2)OCO3)n1. The molecule has 196 valence electrons. The molecule has 0 fully saturated rings. The van der Waals surface area contributed by atoms with Gasteiger partial charge in [0, 0.05) is 37.4 Å². The summed E-state index contributed by atoms with van der Waals surface area (Å²) in [5.74, 6) is 1.34. The molecule has 38 heavy (non-hydrogen) atoms. The zero-order valence-corrected chi connectivity index (χ0v) is 21.2. The van der Waals surface area contributed by atoms with Crippen LogP contribution in [0.5, 0.6) is 11.5 Å². The van der Waals surface area contributed by atoms with E-state index in [1.165, 1.54) is 23.5 Å². The minimum atomic E-state index is -4.40. The molecule has 1 aliphatic rings. The van der Waals surface area contributed by atoms with Crippen LogP contribution >= 0.6 is 11.3 Å². The Morgan fingerprint density at radius 1 is 0.974 bits per heavy atom. The first kappa shape index (κ1) is 25.7. The fourth-order valence-corrected chi connectivity index (χ4v) is 4.94. The molecular weight excluding hydrogens is 513 g/mol. The number of rotatable bonds is 10. The summed E-state index contributed by atoms with van der Waals surface area (Å²) < 4.78 is 50.8. The first-order chi connectivity index (χ1) is 18.3. The molecule has 10 heteroatoms. The number of hydrogen-bond donors (Lipinski definition) is 1. The first-order valence-electron chi connectivity index (χ1n) is 11.9. The molecule has 2 aromatic carbocycles. The maximum Gasteiger partial charge on any atom is 0.416 e. The van der Waals surface area contributed by atoms with E-state index in [9.17, 15) is 13.2 Å². The summed E-state index contributed by atoms with van der Waals surface area (Å²) in [5, 5.41) is 6.03. The summed E-state index contributed by atoms with van der Waals surface area (Å²) in [5.41, 5.74) is 3.32. The van der Waals surface area contributed by atoms with E-state index in [1.54, 1.807) is 18.5 Å². The van der Waals surface area contributed by atoms with Crippen molar-refractivity contribution in [1.82, 2.24) is 20.2 Å². The van der Waals surface area contributed by atoms with Gasteiger partial charge in [-0.05, 0) is 41.0 Å². The van der Waals surface area contributed by atoms with Crippen LogP contribution in [0.1, 0.15) is 33.0 Å². The van der Waals surface area contributed by atoms with Crippen molar-refractivity contribution in [3.63, 3.8) is 0 Å². The van der Waals surface area contributed by atoms with Crippen LogP contribution in [-0.2, 0) is 32.4 Å². The molecule has 1 N–H and O–H groups in total. The number of nitrogens with one attached hydrogen (secondary N) is 1. The highest BCUT2D eigenvalue weighted by Gasteiger charge is 2.30. The molecule has 0 bridgehead atoms. The maximum absolute atomic E-state index is 13.3. The van der Waals surface area contributed by atoms with Gasteiger partial charge in [0.05, 0.1) is 23.5 Å². The number of pyridine rings is 1. The lowest BCUT2D eigenvalue weighted by Crippen LogP contribution is -2.23. The highest BCUT2D eigenvalue weighted by Crippen LogP contribution is 2.34. The Kier molecular flexibility index (Phi) is 7.62. The van der Waals surface area contributed by atoms with Crippen molar-refractivity contribution in [3.8, 4) is 11.5 Å². The summed E-state index contributed by atoms with van der Waals surface area (Å²) in [7, 11) is 0. The fourth-order valence-electron chi connectivity index (χ4n) is 4.08. The Morgan fingerprint density at radius 3 is 2.55 bits per heavy atom. The van der Waals surface area contributed by atoms with Crippen molar-refractivity contribution in [2.45, 2.75) is 32.4 Å². The van der Waals surface area contributed by atoms with Crippen molar-refractivity contribution >= 4 is 17.0 Å². The molecule has 4 aromatic rings. The highest BCUT2D eigenvalue weighted by atomic mass is 32.1. The topological polar surface area (TPSA) is 59.5 Å². The van der Waals surface area contributed by atoms with Gasteiger partial charge in [-0.1, -0.05) is 36.9 Å². The van der Waals surface area contributed by atoms with Gasteiger partial charge in [-0.15, -0.1) is 11.3 Å². The molecule has 0 amide bonds. The molecule has 0 saturated heterocycles. The highest BCUT2D eigenvalue weighted by molar-refractivity contribution is 7.09. The van der Waals surface area contributed by atoms with E-state index in [-0.39, 0.29) is 6.79 Å². The zero-order valence-electron chi connectivity index (χ0n) is 20.4. The number of hydrogen-bond acceptors (Lipinski definition) is 7. The smallest absolute Gasteiger partial charge is 0.416 e. The summed E-state index contributed by atoms with van der Waals surface area (Å²) in [6.45, 7) is 6.10. The van der Waals surface area contributed by atoms with E-state index >= 15 is 0 Å². The predicted octanol–water partition coefficient (Wildman–Crippen LogP) is 6.25. The number of fused-ring (bicyclic) bond motifs is 1. The number of benzene rings is 2. The van der Waals surface area contributed by atoms with Gasteiger partial charge in [0.15, 0.2) is 11.5 Å². The van der Waals surface area contributed by atoms with Crippen molar-refractivity contribution in [2.75, 3.05) is 6.79 Å². The summed E-state index contributed by atoms with van der Waals surface area (Å²) in [6.07, 6.45) is -0.889. The normalized spacial score (nSPS) is 12.6. The third-order valence-corrected chi connectivity index (χ3v) is 6.79. The number of halogens is 3. The monoisotopic (exact) mass is 538 g/mol. The van der Waals surface area contributed by atoms with Gasteiger partial charge in [0.1, 0.15) is 5.01 Å². The quantitative estimate of drug-likeness (QED) is 0.258. The zero-order chi connectivity index (χ0) is 26.5. The van der Waals surface area contributed by atoms with Crippen LogP contribution in [0.2, 0.25) is 0 Å². The van der Waals surface area contributed by atoms with E-state index in [4.69, 9.17) is 14.5 Å². The van der Waals surface area contributed by atoms with Crippen molar-refractivity contribution in [1.29, 1.82) is 0 Å². The Bertz CT molecular complexity index is 1410. The summed E-state index contributed by atoms with van der Waals surface area (Å²) in [6, 6.07) is 15.0. The van der Waals surface area contributed by atoms with Gasteiger partial charge in [-0.2, -0.15) is 13.2 Å². The minimum Gasteiger partial charge on any atom is -0.454 e. The van der Waals surface area contributed by atoms with Crippen LogP contribution in [0, 0.1) is 0 Å². The molecule has 1 aliphatic heterocycles. The number of nitrogens with zero attached hydrogens (tertiary/aromatic N) is 3. The second-order valence-corrected chi connectivity index (χ2v) is 9.79. The largest absolute Gasteiger partial charge is 0.454 e. The number of aromatic nitrogens is 2. The van der Waals surface area contributed by atoms with Crippen molar-refractivity contribution < 1.29 is 22.6 Å². The lowest BCUT2D eigenvalue weighted by molar-refractivity contribution is -0.137. The van der Waals surface area contributed by atoms with E-state index < -0.39 is 11.7 Å². The van der Waals surface area contributed by atoms with Gasteiger partial charge < -0.3 is 14.8 Å². The lowest BCUT2D eigenvalue weighted by Gasteiger charge is -2.22. The van der Waals surface area contributed by atoms with Crippen molar-refractivity contribution in [3.05, 3.63) is 112 Å². The molecule has 0 saturated carbocycles. The fraction of sp³-hybridized carbons (Fsp3) is 0.214.